The van der Waals surface area contributed by atoms with Crippen molar-refractivity contribution in [2.75, 3.05) is 12.8 Å². The number of ether oxygens (including phenoxy) is 1. The Labute approximate surface area is 110 Å². The number of benzene rings is 1. The molecule has 2 heterocycles. The number of anilines is 1. The number of para-hydroxylation sites is 1. The van der Waals surface area contributed by atoms with Gasteiger partial charge in [-0.2, -0.15) is 0 Å². The van der Waals surface area contributed by atoms with Crippen LogP contribution in [0.5, 0.6) is 5.75 Å². The number of nitrogens with two attached hydrogens (primary N) is 1. The second kappa shape index (κ2) is 4.61. The van der Waals surface area contributed by atoms with Gasteiger partial charge in [-0.3, -0.25) is 4.40 Å². The molecule has 1 aromatic carbocycles. The zero-order valence-electron chi connectivity index (χ0n) is 10.6. The van der Waals surface area contributed by atoms with Crippen molar-refractivity contribution in [2.24, 2.45) is 0 Å². The lowest BCUT2D eigenvalue weighted by Gasteiger charge is -2.07. The zero-order valence-corrected chi connectivity index (χ0v) is 10.6. The van der Waals surface area contributed by atoms with Crippen molar-refractivity contribution in [3.05, 3.63) is 53.9 Å². The standard InChI is InChI=1S/C14H14N4O/c1-19-11-6-3-2-5-10(11)9-14-17-16-13-8-4-7-12(15)18(13)14/h2-8H,9,15H2,1H3. The summed E-state index contributed by atoms with van der Waals surface area (Å²) in [5, 5.41) is 8.33. The van der Waals surface area contributed by atoms with E-state index in [1.807, 2.05) is 46.9 Å². The van der Waals surface area contributed by atoms with Crippen LogP contribution in [0.3, 0.4) is 0 Å². The number of hydrogen-bond donors (Lipinski definition) is 1. The lowest BCUT2D eigenvalue weighted by atomic mass is 10.1. The van der Waals surface area contributed by atoms with Crippen molar-refractivity contribution < 1.29 is 4.74 Å². The summed E-state index contributed by atoms with van der Waals surface area (Å²) in [6.45, 7) is 0. The van der Waals surface area contributed by atoms with Gasteiger partial charge in [0.1, 0.15) is 17.4 Å². The first kappa shape index (κ1) is 11.5. The Balaban J connectivity index is 2.06. The van der Waals surface area contributed by atoms with E-state index in [1.165, 1.54) is 0 Å². The molecule has 3 rings (SSSR count). The van der Waals surface area contributed by atoms with Gasteiger partial charge in [0, 0.05) is 12.0 Å². The van der Waals surface area contributed by atoms with Gasteiger partial charge in [-0.15, -0.1) is 10.2 Å². The molecule has 5 heteroatoms. The van der Waals surface area contributed by atoms with Gasteiger partial charge in [0.05, 0.1) is 7.11 Å². The average molecular weight is 254 g/mol. The molecule has 0 amide bonds. The maximum Gasteiger partial charge on any atom is 0.162 e. The van der Waals surface area contributed by atoms with Gasteiger partial charge in [0.15, 0.2) is 5.65 Å². The molecule has 19 heavy (non-hydrogen) atoms. The molecule has 0 fully saturated rings. The van der Waals surface area contributed by atoms with E-state index >= 15 is 0 Å². The fourth-order valence-corrected chi connectivity index (χ4v) is 2.16. The van der Waals surface area contributed by atoms with E-state index in [0.717, 1.165) is 22.8 Å². The number of rotatable bonds is 3. The van der Waals surface area contributed by atoms with Crippen LogP contribution in [-0.4, -0.2) is 21.7 Å². The third kappa shape index (κ3) is 1.99. The Morgan fingerprint density at radius 1 is 1.11 bits per heavy atom. The molecule has 96 valence electrons. The molecule has 0 aliphatic heterocycles. The Morgan fingerprint density at radius 2 is 1.95 bits per heavy atom. The molecule has 0 aliphatic rings. The van der Waals surface area contributed by atoms with Gasteiger partial charge in [-0.05, 0) is 18.2 Å². The molecule has 0 saturated carbocycles. The lowest BCUT2D eigenvalue weighted by molar-refractivity contribution is 0.410. The minimum atomic E-state index is 0.624. The average Bonchev–Trinajstić information content (AvgIpc) is 2.84. The van der Waals surface area contributed by atoms with Crippen LogP contribution in [0.15, 0.2) is 42.5 Å². The Hall–Kier alpha value is -2.56. The minimum absolute atomic E-state index is 0.624. The second-order valence-corrected chi connectivity index (χ2v) is 4.25. The summed E-state index contributed by atoms with van der Waals surface area (Å²) in [7, 11) is 1.66. The van der Waals surface area contributed by atoms with Crippen LogP contribution < -0.4 is 10.5 Å². The summed E-state index contributed by atoms with van der Waals surface area (Å²) in [6, 6.07) is 13.5. The van der Waals surface area contributed by atoms with Crippen molar-refractivity contribution in [3.8, 4) is 5.75 Å². The summed E-state index contributed by atoms with van der Waals surface area (Å²) < 4.78 is 7.20. The third-order valence-electron chi connectivity index (χ3n) is 3.07. The van der Waals surface area contributed by atoms with E-state index in [4.69, 9.17) is 10.5 Å². The number of aromatic nitrogens is 3. The van der Waals surface area contributed by atoms with Crippen LogP contribution in [0.25, 0.3) is 5.65 Å². The first-order valence-electron chi connectivity index (χ1n) is 6.00. The van der Waals surface area contributed by atoms with E-state index < -0.39 is 0 Å². The molecule has 5 nitrogen and oxygen atoms in total. The smallest absolute Gasteiger partial charge is 0.162 e. The van der Waals surface area contributed by atoms with Crippen LogP contribution in [0.2, 0.25) is 0 Å². The Bertz CT molecular complexity index is 720. The molecule has 0 unspecified atom stereocenters. The number of pyridine rings is 1. The molecule has 0 radical (unpaired) electrons. The van der Waals surface area contributed by atoms with E-state index in [-0.39, 0.29) is 0 Å². The maximum absolute atomic E-state index is 5.98. The van der Waals surface area contributed by atoms with Crippen molar-refractivity contribution in [3.63, 3.8) is 0 Å². The van der Waals surface area contributed by atoms with E-state index in [9.17, 15) is 0 Å². The summed E-state index contributed by atoms with van der Waals surface area (Å²) >= 11 is 0. The predicted molar refractivity (Wildman–Crippen MR) is 73.2 cm³/mol. The van der Waals surface area contributed by atoms with Gasteiger partial charge < -0.3 is 10.5 Å². The predicted octanol–water partition coefficient (Wildman–Crippen LogP) is 1.91. The highest BCUT2D eigenvalue weighted by Gasteiger charge is 2.10. The first-order valence-corrected chi connectivity index (χ1v) is 6.00. The van der Waals surface area contributed by atoms with Gasteiger partial charge in [-0.25, -0.2) is 0 Å². The SMILES string of the molecule is COc1ccccc1Cc1nnc2cccc(N)n12. The number of nitrogen functional groups attached to an aromatic ring is 1. The minimum Gasteiger partial charge on any atom is -0.496 e. The summed E-state index contributed by atoms with van der Waals surface area (Å²) in [6.07, 6.45) is 0.624. The molecule has 0 spiro atoms. The first-order chi connectivity index (χ1) is 9.29. The molecule has 2 aromatic heterocycles. The number of nitrogens with zero attached hydrogens (tertiary/aromatic N) is 3. The molecule has 0 bridgehead atoms. The molecule has 0 saturated heterocycles. The number of methoxy groups -OCH3 is 1. The van der Waals surface area contributed by atoms with Crippen LogP contribution >= 0.6 is 0 Å². The van der Waals surface area contributed by atoms with Gasteiger partial charge in [0.25, 0.3) is 0 Å². The van der Waals surface area contributed by atoms with Crippen molar-refractivity contribution in [2.45, 2.75) is 6.42 Å². The van der Waals surface area contributed by atoms with Crippen molar-refractivity contribution in [1.29, 1.82) is 0 Å². The Morgan fingerprint density at radius 3 is 2.79 bits per heavy atom. The van der Waals surface area contributed by atoms with E-state index in [0.29, 0.717) is 12.2 Å². The summed E-state index contributed by atoms with van der Waals surface area (Å²) in [5.74, 6) is 2.28. The van der Waals surface area contributed by atoms with Gasteiger partial charge in [-0.1, -0.05) is 24.3 Å². The maximum atomic E-state index is 5.98. The topological polar surface area (TPSA) is 65.4 Å². The summed E-state index contributed by atoms with van der Waals surface area (Å²) in [5.41, 5.74) is 7.79. The monoisotopic (exact) mass is 254 g/mol. The third-order valence-corrected chi connectivity index (χ3v) is 3.07. The highest BCUT2D eigenvalue weighted by molar-refractivity contribution is 5.48. The van der Waals surface area contributed by atoms with Crippen LogP contribution in [-0.2, 0) is 6.42 Å². The highest BCUT2D eigenvalue weighted by Crippen LogP contribution is 2.21. The fourth-order valence-electron chi connectivity index (χ4n) is 2.16. The normalized spacial score (nSPS) is 10.8. The molecular weight excluding hydrogens is 240 g/mol. The molecule has 2 N–H and O–H groups in total. The second-order valence-electron chi connectivity index (χ2n) is 4.25. The van der Waals surface area contributed by atoms with Crippen molar-refractivity contribution >= 4 is 11.5 Å². The molecular formula is C14H14N4O. The van der Waals surface area contributed by atoms with E-state index in [1.54, 1.807) is 7.11 Å². The lowest BCUT2D eigenvalue weighted by Crippen LogP contribution is -2.03. The van der Waals surface area contributed by atoms with E-state index in [2.05, 4.69) is 10.2 Å². The molecule has 0 atom stereocenters. The fraction of sp³-hybridized carbons (Fsp3) is 0.143. The van der Waals surface area contributed by atoms with Crippen molar-refractivity contribution in [1.82, 2.24) is 14.6 Å². The van der Waals surface area contributed by atoms with Crippen LogP contribution in [0, 0.1) is 0 Å². The summed E-state index contributed by atoms with van der Waals surface area (Å²) in [4.78, 5) is 0. The number of hydrogen-bond acceptors (Lipinski definition) is 4. The number of fused-ring (bicyclic) bond motifs is 1. The molecule has 0 aliphatic carbocycles. The van der Waals surface area contributed by atoms with Crippen LogP contribution in [0.4, 0.5) is 5.82 Å². The van der Waals surface area contributed by atoms with Crippen LogP contribution in [0.1, 0.15) is 11.4 Å². The highest BCUT2D eigenvalue weighted by atomic mass is 16.5. The zero-order chi connectivity index (χ0) is 13.2. The van der Waals surface area contributed by atoms with Gasteiger partial charge in [0.2, 0.25) is 0 Å². The van der Waals surface area contributed by atoms with Gasteiger partial charge >= 0.3 is 0 Å². The quantitative estimate of drug-likeness (QED) is 0.775. The largest absolute Gasteiger partial charge is 0.496 e. The molecule has 3 aromatic rings. The Kier molecular flexibility index (Phi) is 2.79.